The lowest BCUT2D eigenvalue weighted by Crippen LogP contribution is -2.23. The maximum absolute atomic E-state index is 5.06. The van der Waals surface area contributed by atoms with Crippen LogP contribution in [-0.2, 0) is 25.9 Å². The highest BCUT2D eigenvalue weighted by Crippen LogP contribution is 2.24. The van der Waals surface area contributed by atoms with Crippen LogP contribution < -0.4 is 0 Å². The van der Waals surface area contributed by atoms with Crippen LogP contribution in [0.25, 0.3) is 17.2 Å². The van der Waals surface area contributed by atoms with Crippen molar-refractivity contribution in [2.24, 2.45) is 0 Å². The highest BCUT2D eigenvalue weighted by Gasteiger charge is 2.16. The molecule has 0 radical (unpaired) electrons. The first kappa shape index (κ1) is 27.7. The number of pyridine rings is 2. The van der Waals surface area contributed by atoms with Gasteiger partial charge in [0.2, 0.25) is 0 Å². The summed E-state index contributed by atoms with van der Waals surface area (Å²) in [7, 11) is 0. The highest BCUT2D eigenvalue weighted by molar-refractivity contribution is 5.59. The van der Waals surface area contributed by atoms with Gasteiger partial charge in [-0.2, -0.15) is 5.10 Å². The van der Waals surface area contributed by atoms with Crippen molar-refractivity contribution in [3.05, 3.63) is 94.9 Å². The van der Waals surface area contributed by atoms with Crippen LogP contribution in [0, 0.1) is 6.92 Å². The summed E-state index contributed by atoms with van der Waals surface area (Å²) in [4.78, 5) is 14.8. The Morgan fingerprint density at radius 2 is 1.29 bits per heavy atom. The standard InChI is InChI=1S/C32H42N6/c1-6-36(7-2)23-28-12-10-14-30(33-28)32-27(21-20-26-18-16-25(5)17-19-26)22-38(35-32)31-15-11-13-29(34-31)24-37(8-3)9-4/h10-19,22H,6-9,20-21,23-24H2,1-5H3. The molecule has 6 nitrogen and oxygen atoms in total. The first-order chi connectivity index (χ1) is 18.5. The summed E-state index contributed by atoms with van der Waals surface area (Å²) >= 11 is 0. The summed E-state index contributed by atoms with van der Waals surface area (Å²) in [6.45, 7) is 16.6. The highest BCUT2D eigenvalue weighted by atomic mass is 15.3. The minimum atomic E-state index is 0.838. The van der Waals surface area contributed by atoms with E-state index in [4.69, 9.17) is 15.1 Å². The van der Waals surface area contributed by atoms with Crippen molar-refractivity contribution in [1.82, 2.24) is 29.5 Å². The number of hydrogen-bond acceptors (Lipinski definition) is 5. The number of nitrogens with zero attached hydrogens (tertiary/aromatic N) is 6. The molecule has 1 aromatic carbocycles. The average Bonchev–Trinajstić information content (AvgIpc) is 3.39. The molecule has 0 unspecified atom stereocenters. The Hall–Kier alpha value is -3.35. The lowest BCUT2D eigenvalue weighted by atomic mass is 10.0. The van der Waals surface area contributed by atoms with Crippen molar-refractivity contribution in [3.63, 3.8) is 0 Å². The second-order valence-corrected chi connectivity index (χ2v) is 9.86. The summed E-state index contributed by atoms with van der Waals surface area (Å²) in [5, 5.41) is 5.06. The zero-order valence-corrected chi connectivity index (χ0v) is 23.7. The Morgan fingerprint density at radius 1 is 0.684 bits per heavy atom. The molecule has 4 aromatic rings. The Kier molecular flexibility index (Phi) is 9.79. The van der Waals surface area contributed by atoms with E-state index in [9.17, 15) is 0 Å². The van der Waals surface area contributed by atoms with Crippen LogP contribution in [-0.4, -0.2) is 55.7 Å². The Bertz CT molecular complexity index is 1290. The van der Waals surface area contributed by atoms with E-state index in [1.165, 1.54) is 16.7 Å². The molecular formula is C32H42N6. The van der Waals surface area contributed by atoms with Crippen molar-refractivity contribution in [2.45, 2.75) is 60.5 Å². The summed E-state index contributed by atoms with van der Waals surface area (Å²) < 4.78 is 1.93. The number of hydrogen-bond donors (Lipinski definition) is 0. The van der Waals surface area contributed by atoms with Crippen molar-refractivity contribution in [1.29, 1.82) is 0 Å². The molecule has 38 heavy (non-hydrogen) atoms. The fourth-order valence-corrected chi connectivity index (χ4v) is 4.69. The van der Waals surface area contributed by atoms with E-state index in [0.29, 0.717) is 0 Å². The molecule has 0 aliphatic heterocycles. The number of benzene rings is 1. The topological polar surface area (TPSA) is 50.1 Å². The van der Waals surface area contributed by atoms with Crippen molar-refractivity contribution in [3.8, 4) is 17.2 Å². The van der Waals surface area contributed by atoms with Crippen LogP contribution in [0.1, 0.15) is 55.8 Å². The number of aromatic nitrogens is 4. The Labute approximate surface area is 228 Å². The Morgan fingerprint density at radius 3 is 1.92 bits per heavy atom. The fraction of sp³-hybridized carbons (Fsp3) is 0.406. The third-order valence-electron chi connectivity index (χ3n) is 7.23. The number of aryl methyl sites for hydroxylation is 3. The molecule has 4 rings (SSSR count). The summed E-state index contributed by atoms with van der Waals surface area (Å²) in [5.41, 5.74) is 7.80. The smallest absolute Gasteiger partial charge is 0.153 e. The lowest BCUT2D eigenvalue weighted by Gasteiger charge is -2.17. The second kappa shape index (κ2) is 13.4. The molecule has 0 amide bonds. The first-order valence-electron chi connectivity index (χ1n) is 14.0. The molecule has 0 saturated heterocycles. The minimum Gasteiger partial charge on any atom is -0.298 e. The van der Waals surface area contributed by atoms with Crippen LogP contribution in [0.2, 0.25) is 0 Å². The van der Waals surface area contributed by atoms with Crippen molar-refractivity contribution in [2.75, 3.05) is 26.2 Å². The molecule has 200 valence electrons. The largest absolute Gasteiger partial charge is 0.298 e. The van der Waals surface area contributed by atoms with Crippen LogP contribution in [0.4, 0.5) is 0 Å². The molecule has 0 saturated carbocycles. The lowest BCUT2D eigenvalue weighted by molar-refractivity contribution is 0.292. The molecule has 0 atom stereocenters. The molecule has 0 spiro atoms. The normalized spacial score (nSPS) is 11.6. The van der Waals surface area contributed by atoms with E-state index in [-0.39, 0.29) is 0 Å². The molecule has 3 aromatic heterocycles. The van der Waals surface area contributed by atoms with Crippen LogP contribution in [0.3, 0.4) is 0 Å². The predicted molar refractivity (Wildman–Crippen MR) is 156 cm³/mol. The summed E-state index contributed by atoms with van der Waals surface area (Å²) in [5.74, 6) is 0.844. The van der Waals surface area contributed by atoms with Crippen molar-refractivity contribution < 1.29 is 0 Å². The van der Waals surface area contributed by atoms with Gasteiger partial charge in [0.25, 0.3) is 0 Å². The van der Waals surface area contributed by atoms with Gasteiger partial charge in [-0.25, -0.2) is 14.6 Å². The zero-order chi connectivity index (χ0) is 26.9. The summed E-state index contributed by atoms with van der Waals surface area (Å²) in [6, 6.07) is 21.3. The predicted octanol–water partition coefficient (Wildman–Crippen LogP) is 6.11. The Balaban J connectivity index is 1.68. The number of rotatable bonds is 13. The van der Waals surface area contributed by atoms with Gasteiger partial charge in [0.1, 0.15) is 5.69 Å². The second-order valence-electron chi connectivity index (χ2n) is 9.86. The van der Waals surface area contributed by atoms with Gasteiger partial charge in [0.05, 0.1) is 17.1 Å². The zero-order valence-electron chi connectivity index (χ0n) is 23.7. The molecular weight excluding hydrogens is 468 g/mol. The maximum Gasteiger partial charge on any atom is 0.153 e. The van der Waals surface area contributed by atoms with E-state index < -0.39 is 0 Å². The molecule has 0 aliphatic carbocycles. The van der Waals surface area contributed by atoms with Gasteiger partial charge in [0, 0.05) is 24.8 Å². The summed E-state index contributed by atoms with van der Waals surface area (Å²) in [6.07, 6.45) is 3.98. The molecule has 0 bridgehead atoms. The third-order valence-corrected chi connectivity index (χ3v) is 7.23. The van der Waals surface area contributed by atoms with Crippen molar-refractivity contribution >= 4 is 0 Å². The average molecular weight is 511 g/mol. The van der Waals surface area contributed by atoms with Crippen LogP contribution >= 0.6 is 0 Å². The van der Waals surface area contributed by atoms with Crippen LogP contribution in [0.5, 0.6) is 0 Å². The van der Waals surface area contributed by atoms with Crippen LogP contribution in [0.15, 0.2) is 66.9 Å². The van der Waals surface area contributed by atoms with Gasteiger partial charge in [0.15, 0.2) is 5.82 Å². The fourth-order valence-electron chi connectivity index (χ4n) is 4.69. The minimum absolute atomic E-state index is 0.838. The van der Waals surface area contributed by atoms with Gasteiger partial charge in [-0.05, 0) is 75.8 Å². The van der Waals surface area contributed by atoms with E-state index in [1.54, 1.807) is 0 Å². The maximum atomic E-state index is 5.06. The van der Waals surface area contributed by atoms with E-state index in [0.717, 1.165) is 80.7 Å². The molecule has 6 heteroatoms. The third kappa shape index (κ3) is 7.15. The molecule has 0 fully saturated rings. The van der Waals surface area contributed by atoms with Gasteiger partial charge in [-0.1, -0.05) is 69.7 Å². The van der Waals surface area contributed by atoms with Gasteiger partial charge in [-0.3, -0.25) is 9.80 Å². The van der Waals surface area contributed by atoms with E-state index >= 15 is 0 Å². The monoisotopic (exact) mass is 510 g/mol. The van der Waals surface area contributed by atoms with Gasteiger partial charge in [-0.15, -0.1) is 0 Å². The molecule has 0 aliphatic rings. The SMILES string of the molecule is CCN(CC)Cc1cccc(-c2nn(-c3cccc(CN(CC)CC)n3)cc2CCc2ccc(C)cc2)n1. The van der Waals surface area contributed by atoms with E-state index in [1.807, 2.05) is 10.7 Å². The van der Waals surface area contributed by atoms with Gasteiger partial charge >= 0.3 is 0 Å². The van der Waals surface area contributed by atoms with Gasteiger partial charge < -0.3 is 0 Å². The molecule has 0 N–H and O–H groups in total. The first-order valence-corrected chi connectivity index (χ1v) is 14.0. The van der Waals surface area contributed by atoms with E-state index in [2.05, 4.69) is 105 Å². The molecule has 3 heterocycles. The quantitative estimate of drug-likeness (QED) is 0.217.